The fraction of sp³-hybridized carbons (Fsp3) is 0.583. The van der Waals surface area contributed by atoms with Gasteiger partial charge in [-0.1, -0.05) is 20.8 Å². The van der Waals surface area contributed by atoms with Crippen LogP contribution in [-0.4, -0.2) is 33.8 Å². The molecule has 2 aromatic rings. The van der Waals surface area contributed by atoms with E-state index in [1.54, 1.807) is 4.68 Å². The van der Waals surface area contributed by atoms with E-state index in [2.05, 4.69) is 15.1 Å². The van der Waals surface area contributed by atoms with Gasteiger partial charge in [0.2, 0.25) is 0 Å². The van der Waals surface area contributed by atoms with E-state index in [1.165, 1.54) is 0 Å². The number of aromatic amines is 1. The molecule has 6 nitrogen and oxygen atoms in total. The smallest absolute Gasteiger partial charge is 0.264 e. The second kappa shape index (κ2) is 3.83. The Labute approximate surface area is 106 Å². The molecule has 0 unspecified atom stereocenters. The zero-order valence-corrected chi connectivity index (χ0v) is 11.7. The number of rotatable bonds is 1. The van der Waals surface area contributed by atoms with Crippen LogP contribution in [0.3, 0.4) is 0 Å². The number of aromatic nitrogens is 4. The summed E-state index contributed by atoms with van der Waals surface area (Å²) in [5.74, 6) is 1.42. The molecule has 0 radical (unpaired) electrons. The average Bonchev–Trinajstić information content (AvgIpc) is 2.53. The van der Waals surface area contributed by atoms with Crippen LogP contribution < -0.4 is 10.5 Å². The first-order valence-electron chi connectivity index (χ1n) is 5.86. The molecule has 0 spiro atoms. The van der Waals surface area contributed by atoms with Crippen molar-refractivity contribution in [2.45, 2.75) is 26.2 Å². The van der Waals surface area contributed by atoms with Crippen LogP contribution in [0.2, 0.25) is 0 Å². The van der Waals surface area contributed by atoms with Gasteiger partial charge in [-0.15, -0.1) is 0 Å². The zero-order chi connectivity index (χ0) is 13.7. The van der Waals surface area contributed by atoms with Gasteiger partial charge >= 0.3 is 0 Å². The maximum atomic E-state index is 12.2. The third kappa shape index (κ3) is 1.87. The normalized spacial score (nSPS) is 12.1. The van der Waals surface area contributed by atoms with Crippen LogP contribution in [0.15, 0.2) is 4.79 Å². The summed E-state index contributed by atoms with van der Waals surface area (Å²) in [6.07, 6.45) is 0. The van der Waals surface area contributed by atoms with Gasteiger partial charge in [0.15, 0.2) is 5.65 Å². The summed E-state index contributed by atoms with van der Waals surface area (Å²) in [4.78, 5) is 21.4. The summed E-state index contributed by atoms with van der Waals surface area (Å²) in [5.41, 5.74) is 0.153. The molecule has 0 atom stereocenters. The number of fused-ring (bicyclic) bond motifs is 1. The molecule has 0 amide bonds. The molecular formula is C12H19N5O. The number of nitrogens with one attached hydrogen (secondary N) is 1. The highest BCUT2D eigenvalue weighted by Crippen LogP contribution is 2.23. The van der Waals surface area contributed by atoms with E-state index in [-0.39, 0.29) is 11.0 Å². The van der Waals surface area contributed by atoms with Gasteiger partial charge in [-0.2, -0.15) is 5.10 Å². The van der Waals surface area contributed by atoms with Crippen LogP contribution in [-0.2, 0) is 12.5 Å². The van der Waals surface area contributed by atoms with E-state index in [0.717, 1.165) is 5.82 Å². The van der Waals surface area contributed by atoms with Gasteiger partial charge in [0.05, 0.1) is 0 Å². The van der Waals surface area contributed by atoms with Gasteiger partial charge in [0.1, 0.15) is 17.0 Å². The Morgan fingerprint density at radius 3 is 2.39 bits per heavy atom. The fourth-order valence-corrected chi connectivity index (χ4v) is 1.95. The van der Waals surface area contributed by atoms with E-state index < -0.39 is 0 Å². The van der Waals surface area contributed by atoms with Gasteiger partial charge < -0.3 is 9.88 Å². The van der Waals surface area contributed by atoms with E-state index in [4.69, 9.17) is 0 Å². The minimum atomic E-state index is -0.205. The number of hydrogen-bond acceptors (Lipinski definition) is 4. The second-order valence-electron chi connectivity index (χ2n) is 5.70. The van der Waals surface area contributed by atoms with Gasteiger partial charge in [0.25, 0.3) is 5.56 Å². The molecule has 0 aliphatic rings. The lowest BCUT2D eigenvalue weighted by Gasteiger charge is -2.16. The van der Waals surface area contributed by atoms with Crippen molar-refractivity contribution < 1.29 is 0 Å². The van der Waals surface area contributed by atoms with Gasteiger partial charge in [-0.05, 0) is 0 Å². The molecule has 0 saturated heterocycles. The summed E-state index contributed by atoms with van der Waals surface area (Å²) < 4.78 is 1.68. The van der Waals surface area contributed by atoms with Gasteiger partial charge in [-0.3, -0.25) is 4.79 Å². The second-order valence-corrected chi connectivity index (χ2v) is 5.70. The van der Waals surface area contributed by atoms with Crippen LogP contribution in [0, 0.1) is 0 Å². The monoisotopic (exact) mass is 249 g/mol. The van der Waals surface area contributed by atoms with Crippen LogP contribution in [0.1, 0.15) is 26.6 Å². The lowest BCUT2D eigenvalue weighted by Crippen LogP contribution is -2.23. The molecule has 1 N–H and O–H groups in total. The quantitative estimate of drug-likeness (QED) is 0.819. The Kier molecular flexibility index (Phi) is 2.68. The SMILES string of the molecule is CN(C)c1c2c(=O)[nH]c(C(C)(C)C)nc2nn1C. The molecule has 6 heteroatoms. The average molecular weight is 249 g/mol. The molecular weight excluding hydrogens is 230 g/mol. The molecule has 2 aromatic heterocycles. The molecule has 0 aromatic carbocycles. The molecule has 18 heavy (non-hydrogen) atoms. The van der Waals surface area contributed by atoms with Crippen LogP contribution in [0.25, 0.3) is 11.0 Å². The number of anilines is 1. The van der Waals surface area contributed by atoms with Crippen molar-refractivity contribution in [2.75, 3.05) is 19.0 Å². The summed E-state index contributed by atoms with van der Waals surface area (Å²) in [6.45, 7) is 6.02. The van der Waals surface area contributed by atoms with Crippen molar-refractivity contribution in [3.63, 3.8) is 0 Å². The van der Waals surface area contributed by atoms with E-state index in [0.29, 0.717) is 16.9 Å². The summed E-state index contributed by atoms with van der Waals surface area (Å²) >= 11 is 0. The Hall–Kier alpha value is -1.85. The van der Waals surface area contributed by atoms with E-state index in [9.17, 15) is 4.79 Å². The summed E-state index contributed by atoms with van der Waals surface area (Å²) in [7, 11) is 5.58. The third-order valence-electron chi connectivity index (χ3n) is 2.81. The number of nitrogens with zero attached hydrogens (tertiary/aromatic N) is 4. The van der Waals surface area contributed by atoms with Crippen LogP contribution in [0.4, 0.5) is 5.82 Å². The van der Waals surface area contributed by atoms with Gasteiger partial charge in [0, 0.05) is 26.6 Å². The van der Waals surface area contributed by atoms with Gasteiger partial charge in [-0.25, -0.2) is 9.67 Å². The van der Waals surface area contributed by atoms with Crippen molar-refractivity contribution in [1.29, 1.82) is 0 Å². The molecule has 0 aliphatic heterocycles. The highest BCUT2D eigenvalue weighted by molar-refractivity contribution is 5.86. The minimum absolute atomic E-state index is 0.137. The Bertz CT molecular complexity index is 645. The summed E-state index contributed by atoms with van der Waals surface area (Å²) in [6, 6.07) is 0. The predicted octanol–water partition coefficient (Wildman–Crippen LogP) is 1.02. The number of hydrogen-bond donors (Lipinski definition) is 1. The molecule has 0 aliphatic carbocycles. The van der Waals surface area contributed by atoms with Crippen molar-refractivity contribution in [2.24, 2.45) is 7.05 Å². The first-order valence-corrected chi connectivity index (χ1v) is 5.86. The number of aryl methyl sites for hydroxylation is 1. The molecule has 0 fully saturated rings. The Balaban J connectivity index is 2.83. The lowest BCUT2D eigenvalue weighted by atomic mass is 9.96. The lowest BCUT2D eigenvalue weighted by molar-refractivity contribution is 0.545. The van der Waals surface area contributed by atoms with Crippen molar-refractivity contribution in [1.82, 2.24) is 19.7 Å². The topological polar surface area (TPSA) is 66.8 Å². The molecule has 2 rings (SSSR count). The molecule has 0 bridgehead atoms. The van der Waals surface area contributed by atoms with Crippen molar-refractivity contribution in [3.8, 4) is 0 Å². The van der Waals surface area contributed by atoms with E-state index in [1.807, 2.05) is 46.8 Å². The molecule has 98 valence electrons. The Morgan fingerprint density at radius 1 is 1.28 bits per heavy atom. The first kappa shape index (κ1) is 12.6. The minimum Gasteiger partial charge on any atom is -0.362 e. The highest BCUT2D eigenvalue weighted by Gasteiger charge is 2.22. The van der Waals surface area contributed by atoms with Crippen LogP contribution >= 0.6 is 0 Å². The summed E-state index contributed by atoms with van der Waals surface area (Å²) in [5, 5.41) is 4.85. The van der Waals surface area contributed by atoms with Crippen LogP contribution in [0.5, 0.6) is 0 Å². The zero-order valence-electron chi connectivity index (χ0n) is 11.7. The highest BCUT2D eigenvalue weighted by atomic mass is 16.1. The number of H-pyrrole nitrogens is 1. The molecule has 2 heterocycles. The van der Waals surface area contributed by atoms with E-state index >= 15 is 0 Å². The standard InChI is InChI=1S/C12H19N5O/c1-12(2,3)11-13-8-7(9(18)14-11)10(16(4)5)17(6)15-8/h1-6H3,(H,13,14,15,18). The van der Waals surface area contributed by atoms with Crippen molar-refractivity contribution in [3.05, 3.63) is 16.2 Å². The maximum Gasteiger partial charge on any atom is 0.264 e. The largest absolute Gasteiger partial charge is 0.362 e. The first-order chi connectivity index (χ1) is 8.21. The predicted molar refractivity (Wildman–Crippen MR) is 72.2 cm³/mol. The Morgan fingerprint density at radius 2 is 1.89 bits per heavy atom. The maximum absolute atomic E-state index is 12.2. The fourth-order valence-electron chi connectivity index (χ4n) is 1.95. The molecule has 0 saturated carbocycles. The van der Waals surface area contributed by atoms with Crippen molar-refractivity contribution >= 4 is 16.9 Å². The third-order valence-corrected chi connectivity index (χ3v) is 2.81.